The van der Waals surface area contributed by atoms with Gasteiger partial charge in [-0.05, 0) is 50.1 Å². The van der Waals surface area contributed by atoms with Gasteiger partial charge in [-0.25, -0.2) is 8.42 Å². The van der Waals surface area contributed by atoms with Crippen LogP contribution in [0.15, 0.2) is 48.5 Å². The molecule has 0 aromatic heterocycles. The number of benzene rings is 2. The highest BCUT2D eigenvalue weighted by Gasteiger charge is 2.39. The van der Waals surface area contributed by atoms with E-state index in [1.807, 2.05) is 30.3 Å². The second-order valence-electron chi connectivity index (χ2n) is 8.50. The number of likely N-dealkylation sites (N-methyl/N-ethyl adjacent to an activating group) is 1. The van der Waals surface area contributed by atoms with Gasteiger partial charge in [-0.3, -0.25) is 14.3 Å². The fraction of sp³-hybridized carbons (Fsp3) is 0.417. The van der Waals surface area contributed by atoms with Crippen molar-refractivity contribution in [1.29, 1.82) is 0 Å². The van der Waals surface area contributed by atoms with Crippen LogP contribution in [0.4, 0.5) is 11.4 Å². The Labute approximate surface area is 199 Å². The average molecular weight is 488 g/mol. The lowest BCUT2D eigenvalue weighted by atomic mass is 9.94. The van der Waals surface area contributed by atoms with E-state index in [0.29, 0.717) is 29.8 Å². The average Bonchev–Trinajstić information content (AvgIpc) is 2.82. The fourth-order valence-corrected chi connectivity index (χ4v) is 4.91. The summed E-state index contributed by atoms with van der Waals surface area (Å²) in [6.07, 6.45) is 0.847. The molecule has 34 heavy (non-hydrogen) atoms. The summed E-state index contributed by atoms with van der Waals surface area (Å²) in [6.45, 7) is 1.76. The van der Waals surface area contributed by atoms with E-state index in [-0.39, 0.29) is 48.8 Å². The number of fused-ring (bicyclic) bond motifs is 2. The summed E-state index contributed by atoms with van der Waals surface area (Å²) in [6, 6.07) is 13.7. The standard InChI is InChI=1S/C24H29N3O6S/c1-3-34(30,31)26-17-9-12-21-19(13-17)24(29)27(2)20-11-10-18(33-22(20)15-32-21)14-23(28)25-16-7-5-4-6-8-16/h4-9,12-13,18,20,22,26H,3,10-11,14-15H2,1-2H3,(H,25,28)/t18-,20+,22+/m0/s1. The first-order valence-electron chi connectivity index (χ1n) is 11.3. The molecule has 1 fully saturated rings. The molecule has 2 N–H and O–H groups in total. The van der Waals surface area contributed by atoms with Crippen molar-refractivity contribution in [3.05, 3.63) is 54.1 Å². The fourth-order valence-electron chi connectivity index (χ4n) is 4.28. The van der Waals surface area contributed by atoms with E-state index in [2.05, 4.69) is 10.0 Å². The minimum Gasteiger partial charge on any atom is -0.490 e. The van der Waals surface area contributed by atoms with Gasteiger partial charge in [-0.1, -0.05) is 18.2 Å². The number of rotatable bonds is 6. The number of carbonyl (C=O) groups excluding carboxylic acids is 2. The molecule has 0 aliphatic carbocycles. The molecule has 4 rings (SSSR count). The summed E-state index contributed by atoms with van der Waals surface area (Å²) >= 11 is 0. The Morgan fingerprint density at radius 1 is 1.12 bits per heavy atom. The molecule has 0 radical (unpaired) electrons. The summed E-state index contributed by atoms with van der Waals surface area (Å²) < 4.78 is 38.4. The van der Waals surface area contributed by atoms with Crippen LogP contribution in [0.5, 0.6) is 5.75 Å². The van der Waals surface area contributed by atoms with Gasteiger partial charge in [0.15, 0.2) is 0 Å². The van der Waals surface area contributed by atoms with Crippen molar-refractivity contribution in [3.63, 3.8) is 0 Å². The smallest absolute Gasteiger partial charge is 0.257 e. The lowest BCUT2D eigenvalue weighted by Gasteiger charge is -2.42. The van der Waals surface area contributed by atoms with E-state index in [9.17, 15) is 18.0 Å². The van der Waals surface area contributed by atoms with Crippen LogP contribution in [0, 0.1) is 0 Å². The van der Waals surface area contributed by atoms with E-state index in [1.54, 1.807) is 31.0 Å². The van der Waals surface area contributed by atoms with Crippen LogP contribution in [-0.4, -0.2) is 62.8 Å². The Morgan fingerprint density at radius 3 is 2.62 bits per heavy atom. The molecular formula is C24H29N3O6S. The molecule has 1 saturated heterocycles. The number of ether oxygens (including phenoxy) is 2. The quantitative estimate of drug-likeness (QED) is 0.648. The van der Waals surface area contributed by atoms with Gasteiger partial charge in [0.25, 0.3) is 5.91 Å². The zero-order valence-corrected chi connectivity index (χ0v) is 20.0. The molecule has 10 heteroatoms. The molecule has 2 aromatic rings. The van der Waals surface area contributed by atoms with Gasteiger partial charge in [0.1, 0.15) is 18.5 Å². The van der Waals surface area contributed by atoms with Crippen LogP contribution in [-0.2, 0) is 19.6 Å². The highest BCUT2D eigenvalue weighted by Crippen LogP contribution is 2.32. The molecule has 2 amide bonds. The van der Waals surface area contributed by atoms with Gasteiger partial charge in [0, 0.05) is 18.4 Å². The van der Waals surface area contributed by atoms with Crippen LogP contribution in [0.3, 0.4) is 0 Å². The Kier molecular flexibility index (Phi) is 7.08. The van der Waals surface area contributed by atoms with Crippen molar-refractivity contribution < 1.29 is 27.5 Å². The molecule has 2 aromatic carbocycles. The first kappa shape index (κ1) is 24.0. The number of nitrogens with one attached hydrogen (secondary N) is 2. The van der Waals surface area contributed by atoms with Crippen molar-refractivity contribution in [2.24, 2.45) is 0 Å². The summed E-state index contributed by atoms with van der Waals surface area (Å²) in [4.78, 5) is 27.3. The summed E-state index contributed by atoms with van der Waals surface area (Å²) in [5.41, 5.74) is 1.34. The third kappa shape index (κ3) is 5.51. The molecule has 2 heterocycles. The normalized spacial score (nSPS) is 22.5. The Bertz CT molecular complexity index is 1150. The SMILES string of the molecule is CCS(=O)(=O)Nc1ccc2c(c1)C(=O)N(C)[C@@H]1CC[C@@H](CC(=O)Nc3ccccc3)O[C@@H]1CO2. The summed E-state index contributed by atoms with van der Waals surface area (Å²) in [5.74, 6) is -0.105. The van der Waals surface area contributed by atoms with Crippen molar-refractivity contribution in [1.82, 2.24) is 4.90 Å². The number of sulfonamides is 1. The number of hydrogen-bond donors (Lipinski definition) is 2. The number of para-hydroxylation sites is 1. The number of hydrogen-bond acceptors (Lipinski definition) is 6. The zero-order valence-electron chi connectivity index (χ0n) is 19.2. The summed E-state index contributed by atoms with van der Waals surface area (Å²) in [7, 11) is -1.76. The predicted octanol–water partition coefficient (Wildman–Crippen LogP) is 2.86. The number of nitrogens with zero attached hydrogens (tertiary/aromatic N) is 1. The van der Waals surface area contributed by atoms with Gasteiger partial charge in [0.05, 0.1) is 29.9 Å². The van der Waals surface area contributed by atoms with Crippen LogP contribution in [0.1, 0.15) is 36.5 Å². The molecule has 0 spiro atoms. The Hall–Kier alpha value is -3.11. The third-order valence-electron chi connectivity index (χ3n) is 6.14. The largest absolute Gasteiger partial charge is 0.490 e. The molecule has 3 atom stereocenters. The van der Waals surface area contributed by atoms with E-state index in [0.717, 1.165) is 5.69 Å². The maximum absolute atomic E-state index is 13.2. The third-order valence-corrected chi connectivity index (χ3v) is 7.44. The first-order chi connectivity index (χ1) is 16.3. The Balaban J connectivity index is 1.45. The maximum Gasteiger partial charge on any atom is 0.257 e. The summed E-state index contributed by atoms with van der Waals surface area (Å²) in [5, 5.41) is 2.87. The molecule has 0 unspecified atom stereocenters. The van der Waals surface area contributed by atoms with Crippen LogP contribution < -0.4 is 14.8 Å². The van der Waals surface area contributed by atoms with Gasteiger partial charge < -0.3 is 19.7 Å². The van der Waals surface area contributed by atoms with Crippen LogP contribution >= 0.6 is 0 Å². The van der Waals surface area contributed by atoms with Gasteiger partial charge in [0.2, 0.25) is 15.9 Å². The molecule has 2 aliphatic heterocycles. The minimum absolute atomic E-state index is 0.0694. The van der Waals surface area contributed by atoms with Crippen molar-refractivity contribution in [2.75, 3.05) is 29.4 Å². The van der Waals surface area contributed by atoms with Gasteiger partial charge >= 0.3 is 0 Å². The second-order valence-corrected chi connectivity index (χ2v) is 10.5. The Morgan fingerprint density at radius 2 is 1.88 bits per heavy atom. The lowest BCUT2D eigenvalue weighted by Crippen LogP contribution is -2.53. The molecule has 182 valence electrons. The highest BCUT2D eigenvalue weighted by atomic mass is 32.2. The number of anilines is 2. The lowest BCUT2D eigenvalue weighted by molar-refractivity contribution is -0.130. The highest BCUT2D eigenvalue weighted by molar-refractivity contribution is 7.92. The molecule has 2 aliphatic rings. The van der Waals surface area contributed by atoms with E-state index in [1.165, 1.54) is 6.07 Å². The first-order valence-corrected chi connectivity index (χ1v) is 13.0. The van der Waals surface area contributed by atoms with E-state index >= 15 is 0 Å². The number of carbonyl (C=O) groups is 2. The van der Waals surface area contributed by atoms with E-state index < -0.39 is 10.0 Å². The van der Waals surface area contributed by atoms with Crippen molar-refractivity contribution >= 4 is 33.2 Å². The van der Waals surface area contributed by atoms with Gasteiger partial charge in [-0.15, -0.1) is 0 Å². The zero-order chi connectivity index (χ0) is 24.3. The molecular weight excluding hydrogens is 458 g/mol. The topological polar surface area (TPSA) is 114 Å². The van der Waals surface area contributed by atoms with E-state index in [4.69, 9.17) is 9.47 Å². The van der Waals surface area contributed by atoms with Crippen molar-refractivity contribution in [3.8, 4) is 5.75 Å². The van der Waals surface area contributed by atoms with Crippen LogP contribution in [0.2, 0.25) is 0 Å². The number of amides is 2. The molecule has 9 nitrogen and oxygen atoms in total. The molecule has 0 saturated carbocycles. The van der Waals surface area contributed by atoms with Crippen LogP contribution in [0.25, 0.3) is 0 Å². The monoisotopic (exact) mass is 487 g/mol. The maximum atomic E-state index is 13.2. The minimum atomic E-state index is -3.47. The van der Waals surface area contributed by atoms with Gasteiger partial charge in [-0.2, -0.15) is 0 Å². The second kappa shape index (κ2) is 10.0. The van der Waals surface area contributed by atoms with Crippen molar-refractivity contribution in [2.45, 2.75) is 44.4 Å². The predicted molar refractivity (Wildman–Crippen MR) is 128 cm³/mol. The molecule has 0 bridgehead atoms.